The summed E-state index contributed by atoms with van der Waals surface area (Å²) in [5.74, 6) is 0.0110. The maximum atomic E-state index is 12.4. The van der Waals surface area contributed by atoms with Crippen LogP contribution >= 0.6 is 0 Å². The Kier molecular flexibility index (Phi) is 4.82. The van der Waals surface area contributed by atoms with Gasteiger partial charge in [0, 0.05) is 38.4 Å². The van der Waals surface area contributed by atoms with Crippen LogP contribution in [0.4, 0.5) is 4.79 Å². The highest BCUT2D eigenvalue weighted by Crippen LogP contribution is 2.25. The molecule has 0 atom stereocenters. The van der Waals surface area contributed by atoms with Crippen molar-refractivity contribution in [3.63, 3.8) is 0 Å². The van der Waals surface area contributed by atoms with Gasteiger partial charge in [0.25, 0.3) is 0 Å². The predicted molar refractivity (Wildman–Crippen MR) is 90.0 cm³/mol. The molecule has 0 bridgehead atoms. The standard InChI is InChI=1S/C17H23N3O4/c1-17(2,3)24-16(23)20-14-10-11(21)6-7-12(14)13(18-20)8-9-15(22)19(4)5/h6-7,10,21H,8-9H2,1-5H3. The number of hydrogen-bond donors (Lipinski definition) is 1. The quantitative estimate of drug-likeness (QED) is 0.933. The third-order valence-electron chi connectivity index (χ3n) is 3.38. The lowest BCUT2D eigenvalue weighted by Crippen LogP contribution is -2.27. The predicted octanol–water partition coefficient (Wildman–Crippen LogP) is 2.55. The lowest BCUT2D eigenvalue weighted by Gasteiger charge is -2.19. The van der Waals surface area contributed by atoms with Crippen LogP contribution in [0.2, 0.25) is 0 Å². The zero-order valence-electron chi connectivity index (χ0n) is 14.7. The van der Waals surface area contributed by atoms with Crippen LogP contribution in [0.25, 0.3) is 10.9 Å². The molecule has 130 valence electrons. The number of nitrogens with zero attached hydrogens (tertiary/aromatic N) is 3. The molecule has 1 heterocycles. The van der Waals surface area contributed by atoms with Gasteiger partial charge >= 0.3 is 6.09 Å². The van der Waals surface area contributed by atoms with Gasteiger partial charge in [-0.25, -0.2) is 4.79 Å². The largest absolute Gasteiger partial charge is 0.508 e. The third kappa shape index (κ3) is 4.04. The molecule has 0 spiro atoms. The normalized spacial score (nSPS) is 11.5. The average molecular weight is 333 g/mol. The van der Waals surface area contributed by atoms with Gasteiger partial charge in [0.05, 0.1) is 11.2 Å². The number of rotatable bonds is 3. The first kappa shape index (κ1) is 17.8. The number of phenolic OH excluding ortho intramolecular Hbond substituents is 1. The first-order valence-corrected chi connectivity index (χ1v) is 7.72. The van der Waals surface area contributed by atoms with Crippen LogP contribution in [0.1, 0.15) is 32.9 Å². The lowest BCUT2D eigenvalue weighted by atomic mass is 10.1. The van der Waals surface area contributed by atoms with Gasteiger partial charge in [-0.05, 0) is 32.9 Å². The van der Waals surface area contributed by atoms with Crippen molar-refractivity contribution in [2.45, 2.75) is 39.2 Å². The van der Waals surface area contributed by atoms with E-state index in [1.807, 2.05) is 0 Å². The minimum absolute atomic E-state index is 0.0197. The minimum atomic E-state index is -0.659. The second-order valence-electron chi connectivity index (χ2n) is 6.83. The summed E-state index contributed by atoms with van der Waals surface area (Å²) in [6.45, 7) is 5.31. The molecule has 7 heteroatoms. The summed E-state index contributed by atoms with van der Waals surface area (Å²) in [7, 11) is 3.38. The summed E-state index contributed by atoms with van der Waals surface area (Å²) in [6, 6.07) is 4.68. The number of aryl methyl sites for hydroxylation is 1. The number of benzene rings is 1. The Bertz CT molecular complexity index is 772. The summed E-state index contributed by atoms with van der Waals surface area (Å²) in [6.07, 6.45) is 0.0610. The zero-order chi connectivity index (χ0) is 18.1. The lowest BCUT2D eigenvalue weighted by molar-refractivity contribution is -0.128. The SMILES string of the molecule is CN(C)C(=O)CCc1nn(C(=O)OC(C)(C)C)c2cc(O)ccc12. The topological polar surface area (TPSA) is 84.7 Å². The van der Waals surface area contributed by atoms with Crippen LogP contribution in [0.15, 0.2) is 18.2 Å². The zero-order valence-corrected chi connectivity index (χ0v) is 14.7. The van der Waals surface area contributed by atoms with E-state index in [1.54, 1.807) is 40.9 Å². The van der Waals surface area contributed by atoms with Crippen molar-refractivity contribution < 1.29 is 19.4 Å². The van der Waals surface area contributed by atoms with Crippen molar-refractivity contribution >= 4 is 22.9 Å². The Hall–Kier alpha value is -2.57. The van der Waals surface area contributed by atoms with Gasteiger partial charge in [0.1, 0.15) is 11.4 Å². The summed E-state index contributed by atoms with van der Waals surface area (Å²) in [5, 5.41) is 14.7. The van der Waals surface area contributed by atoms with E-state index in [0.29, 0.717) is 23.0 Å². The van der Waals surface area contributed by atoms with Gasteiger partial charge in [-0.3, -0.25) is 4.79 Å². The number of carbonyl (C=O) groups is 2. The van der Waals surface area contributed by atoms with Crippen LogP contribution in [-0.4, -0.2) is 51.5 Å². The molecule has 1 aromatic carbocycles. The molecule has 1 N–H and O–H groups in total. The third-order valence-corrected chi connectivity index (χ3v) is 3.38. The van der Waals surface area contributed by atoms with E-state index < -0.39 is 11.7 Å². The van der Waals surface area contributed by atoms with Gasteiger partial charge in [-0.1, -0.05) is 0 Å². The number of aromatic hydroxyl groups is 1. The molecule has 0 saturated heterocycles. The molecule has 1 amide bonds. The Morgan fingerprint density at radius 1 is 1.29 bits per heavy atom. The molecule has 2 rings (SSSR count). The monoisotopic (exact) mass is 333 g/mol. The van der Waals surface area contributed by atoms with Crippen molar-refractivity contribution in [1.29, 1.82) is 0 Å². The second kappa shape index (κ2) is 6.51. The molecular weight excluding hydrogens is 310 g/mol. The Balaban J connectivity index is 2.39. The smallest absolute Gasteiger partial charge is 0.435 e. The summed E-state index contributed by atoms with van der Waals surface area (Å²) in [5.41, 5.74) is 0.412. The van der Waals surface area contributed by atoms with Gasteiger partial charge in [0.15, 0.2) is 0 Å². The van der Waals surface area contributed by atoms with E-state index in [2.05, 4.69) is 5.10 Å². The number of hydrogen-bond acceptors (Lipinski definition) is 5. The van der Waals surface area contributed by atoms with Crippen LogP contribution in [0, 0.1) is 0 Å². The first-order chi connectivity index (χ1) is 11.1. The molecule has 0 unspecified atom stereocenters. The average Bonchev–Trinajstić information content (AvgIpc) is 2.80. The second-order valence-corrected chi connectivity index (χ2v) is 6.83. The molecule has 0 radical (unpaired) electrons. The fourth-order valence-corrected chi connectivity index (χ4v) is 2.25. The number of ether oxygens (including phenoxy) is 1. The molecule has 0 saturated carbocycles. The molecule has 1 aromatic heterocycles. The summed E-state index contributed by atoms with van der Waals surface area (Å²) >= 11 is 0. The van der Waals surface area contributed by atoms with Crippen LogP contribution < -0.4 is 0 Å². The highest BCUT2D eigenvalue weighted by molar-refractivity contribution is 5.91. The summed E-state index contributed by atoms with van der Waals surface area (Å²) in [4.78, 5) is 25.7. The molecule has 7 nitrogen and oxygen atoms in total. The number of carbonyl (C=O) groups excluding carboxylic acids is 2. The molecular formula is C17H23N3O4. The van der Waals surface area contributed by atoms with Gasteiger partial charge < -0.3 is 14.7 Å². The highest BCUT2D eigenvalue weighted by Gasteiger charge is 2.22. The van der Waals surface area contributed by atoms with Crippen molar-refractivity contribution in [2.75, 3.05) is 14.1 Å². The number of phenols is 1. The summed E-state index contributed by atoms with van der Waals surface area (Å²) < 4.78 is 6.49. The van der Waals surface area contributed by atoms with E-state index in [-0.39, 0.29) is 18.1 Å². The minimum Gasteiger partial charge on any atom is -0.508 e. The van der Waals surface area contributed by atoms with Crippen LogP contribution in [0.3, 0.4) is 0 Å². The van der Waals surface area contributed by atoms with Crippen molar-refractivity contribution in [3.8, 4) is 5.75 Å². The molecule has 0 aliphatic rings. The van der Waals surface area contributed by atoms with Gasteiger partial charge in [-0.15, -0.1) is 0 Å². The molecule has 24 heavy (non-hydrogen) atoms. The Labute approximate surface area is 140 Å². The van der Waals surface area contributed by atoms with Crippen LogP contribution in [-0.2, 0) is 16.0 Å². The molecule has 0 aliphatic heterocycles. The highest BCUT2D eigenvalue weighted by atomic mass is 16.6. The number of amides is 1. The van der Waals surface area contributed by atoms with Gasteiger partial charge in [0.2, 0.25) is 5.91 Å². The van der Waals surface area contributed by atoms with E-state index in [0.717, 1.165) is 4.68 Å². The van der Waals surface area contributed by atoms with Crippen molar-refractivity contribution in [3.05, 3.63) is 23.9 Å². The van der Waals surface area contributed by atoms with E-state index in [4.69, 9.17) is 4.74 Å². The van der Waals surface area contributed by atoms with Gasteiger partial charge in [-0.2, -0.15) is 9.78 Å². The Morgan fingerprint density at radius 2 is 1.96 bits per heavy atom. The molecule has 0 fully saturated rings. The first-order valence-electron chi connectivity index (χ1n) is 7.72. The molecule has 0 aliphatic carbocycles. The molecule has 2 aromatic rings. The fraction of sp³-hybridized carbons (Fsp3) is 0.471. The maximum absolute atomic E-state index is 12.4. The van der Waals surface area contributed by atoms with E-state index >= 15 is 0 Å². The van der Waals surface area contributed by atoms with Crippen molar-refractivity contribution in [1.82, 2.24) is 14.7 Å². The van der Waals surface area contributed by atoms with Crippen LogP contribution in [0.5, 0.6) is 5.75 Å². The number of fused-ring (bicyclic) bond motifs is 1. The van der Waals surface area contributed by atoms with E-state index in [1.165, 1.54) is 17.0 Å². The van der Waals surface area contributed by atoms with Crippen molar-refractivity contribution in [2.24, 2.45) is 0 Å². The Morgan fingerprint density at radius 3 is 2.54 bits per heavy atom. The maximum Gasteiger partial charge on any atom is 0.435 e. The number of aromatic nitrogens is 2. The van der Waals surface area contributed by atoms with E-state index in [9.17, 15) is 14.7 Å². The fourth-order valence-electron chi connectivity index (χ4n) is 2.25.